The van der Waals surface area contributed by atoms with Crippen LogP contribution in [0.15, 0.2) is 0 Å². The van der Waals surface area contributed by atoms with Crippen molar-refractivity contribution in [2.24, 2.45) is 17.6 Å². The summed E-state index contributed by atoms with van der Waals surface area (Å²) in [6.07, 6.45) is 3.83. The fraction of sp³-hybridized carbons (Fsp3) is 1.00. The van der Waals surface area contributed by atoms with Crippen LogP contribution in [0.3, 0.4) is 0 Å². The van der Waals surface area contributed by atoms with Gasteiger partial charge in [0.15, 0.2) is 0 Å². The number of hydrogen-bond acceptors (Lipinski definition) is 2. The molecule has 0 amide bonds. The molecule has 0 saturated carbocycles. The van der Waals surface area contributed by atoms with Crippen molar-refractivity contribution in [3.05, 3.63) is 0 Å². The van der Waals surface area contributed by atoms with Gasteiger partial charge in [-0.15, -0.1) is 0 Å². The summed E-state index contributed by atoms with van der Waals surface area (Å²) in [5, 5.41) is 0. The number of nitrogens with two attached hydrogens (primary N) is 1. The van der Waals surface area contributed by atoms with Crippen LogP contribution < -0.4 is 5.73 Å². The maximum atomic E-state index is 6.21. The topological polar surface area (TPSA) is 35.2 Å². The van der Waals surface area contributed by atoms with Gasteiger partial charge >= 0.3 is 0 Å². The van der Waals surface area contributed by atoms with Crippen LogP contribution in [0.1, 0.15) is 40.0 Å². The van der Waals surface area contributed by atoms with Crippen LogP contribution in [0.4, 0.5) is 0 Å². The minimum Gasteiger partial charge on any atom is -0.376 e. The molecule has 0 aliphatic carbocycles. The Balaban J connectivity index is 2.49. The zero-order valence-electron chi connectivity index (χ0n) is 9.12. The van der Waals surface area contributed by atoms with Crippen LogP contribution in [-0.2, 0) is 4.74 Å². The van der Waals surface area contributed by atoms with E-state index >= 15 is 0 Å². The maximum absolute atomic E-state index is 6.21. The predicted octanol–water partition coefficient (Wildman–Crippen LogP) is 2.17. The summed E-state index contributed by atoms with van der Waals surface area (Å²) in [4.78, 5) is 0. The van der Waals surface area contributed by atoms with Crippen molar-refractivity contribution >= 4 is 0 Å². The molecular formula is C11H23NO. The first-order valence-corrected chi connectivity index (χ1v) is 5.57. The van der Waals surface area contributed by atoms with E-state index in [0.717, 1.165) is 6.61 Å². The van der Waals surface area contributed by atoms with Crippen molar-refractivity contribution in [2.45, 2.75) is 52.2 Å². The highest BCUT2D eigenvalue weighted by Gasteiger charge is 2.32. The third kappa shape index (κ3) is 2.44. The number of hydrogen-bond donors (Lipinski definition) is 1. The highest BCUT2D eigenvalue weighted by molar-refractivity contribution is 4.86. The second kappa shape index (κ2) is 4.97. The van der Waals surface area contributed by atoms with Crippen LogP contribution in [0.25, 0.3) is 0 Å². The van der Waals surface area contributed by atoms with Crippen molar-refractivity contribution in [3.8, 4) is 0 Å². The Bertz CT molecular complexity index is 145. The van der Waals surface area contributed by atoms with Gasteiger partial charge in [-0.1, -0.05) is 33.6 Å². The number of rotatable bonds is 4. The molecule has 1 saturated heterocycles. The zero-order chi connectivity index (χ0) is 9.84. The number of ether oxygens (including phenoxy) is 1. The van der Waals surface area contributed by atoms with Crippen LogP contribution in [0.2, 0.25) is 0 Å². The Labute approximate surface area is 81.8 Å². The summed E-state index contributed by atoms with van der Waals surface area (Å²) in [5.74, 6) is 1.28. The third-order valence-electron chi connectivity index (χ3n) is 3.42. The average molecular weight is 185 g/mol. The first kappa shape index (κ1) is 11.0. The lowest BCUT2D eigenvalue weighted by Gasteiger charge is -2.28. The van der Waals surface area contributed by atoms with Gasteiger partial charge in [-0.05, 0) is 18.3 Å². The molecule has 0 bridgehead atoms. The van der Waals surface area contributed by atoms with E-state index < -0.39 is 0 Å². The van der Waals surface area contributed by atoms with Gasteiger partial charge in [-0.25, -0.2) is 0 Å². The smallest absolute Gasteiger partial charge is 0.0754 e. The molecule has 78 valence electrons. The molecule has 1 aliphatic heterocycles. The lowest BCUT2D eigenvalue weighted by molar-refractivity contribution is 0.0530. The Morgan fingerprint density at radius 1 is 1.38 bits per heavy atom. The molecule has 0 aromatic heterocycles. The van der Waals surface area contributed by atoms with E-state index in [2.05, 4.69) is 20.8 Å². The Morgan fingerprint density at radius 3 is 2.38 bits per heavy atom. The molecule has 1 fully saturated rings. The summed E-state index contributed by atoms with van der Waals surface area (Å²) >= 11 is 0. The van der Waals surface area contributed by atoms with Gasteiger partial charge < -0.3 is 10.5 Å². The summed E-state index contributed by atoms with van der Waals surface area (Å²) in [5.41, 5.74) is 6.21. The minimum absolute atomic E-state index is 0.243. The Hall–Kier alpha value is -0.0800. The van der Waals surface area contributed by atoms with Crippen molar-refractivity contribution in [1.82, 2.24) is 0 Å². The normalized spacial score (nSPS) is 31.2. The van der Waals surface area contributed by atoms with Crippen LogP contribution in [0, 0.1) is 11.8 Å². The SMILES string of the molecule is CCC(CC)C(N)C1OCCC1C. The lowest BCUT2D eigenvalue weighted by Crippen LogP contribution is -2.43. The minimum atomic E-state index is 0.243. The van der Waals surface area contributed by atoms with Crippen molar-refractivity contribution in [2.75, 3.05) is 6.61 Å². The van der Waals surface area contributed by atoms with Crippen LogP contribution in [-0.4, -0.2) is 18.8 Å². The second-order valence-electron chi connectivity index (χ2n) is 4.26. The monoisotopic (exact) mass is 185 g/mol. The summed E-state index contributed by atoms with van der Waals surface area (Å²) in [7, 11) is 0. The third-order valence-corrected chi connectivity index (χ3v) is 3.42. The van der Waals surface area contributed by atoms with E-state index in [1.54, 1.807) is 0 Å². The van der Waals surface area contributed by atoms with Crippen molar-refractivity contribution in [3.63, 3.8) is 0 Å². The van der Waals surface area contributed by atoms with Gasteiger partial charge in [0.05, 0.1) is 6.10 Å². The van der Waals surface area contributed by atoms with Gasteiger partial charge in [0.2, 0.25) is 0 Å². The molecule has 3 atom stereocenters. The molecule has 13 heavy (non-hydrogen) atoms. The Morgan fingerprint density at radius 2 is 2.00 bits per heavy atom. The molecular weight excluding hydrogens is 162 g/mol. The largest absolute Gasteiger partial charge is 0.376 e. The van der Waals surface area contributed by atoms with Crippen molar-refractivity contribution < 1.29 is 4.74 Å². The van der Waals surface area contributed by atoms with E-state index in [-0.39, 0.29) is 6.04 Å². The van der Waals surface area contributed by atoms with E-state index in [1.165, 1.54) is 19.3 Å². The molecule has 0 aromatic rings. The molecule has 0 radical (unpaired) electrons. The predicted molar refractivity (Wildman–Crippen MR) is 55.6 cm³/mol. The fourth-order valence-corrected chi connectivity index (χ4v) is 2.31. The molecule has 0 spiro atoms. The molecule has 2 nitrogen and oxygen atoms in total. The second-order valence-corrected chi connectivity index (χ2v) is 4.26. The molecule has 0 aromatic carbocycles. The van der Waals surface area contributed by atoms with Crippen LogP contribution >= 0.6 is 0 Å². The first-order chi connectivity index (χ1) is 6.20. The van der Waals surface area contributed by atoms with Gasteiger partial charge in [0, 0.05) is 12.6 Å². The standard InChI is InChI=1S/C11H23NO/c1-4-9(5-2)10(12)11-8(3)6-7-13-11/h8-11H,4-7,12H2,1-3H3. The Kier molecular flexibility index (Phi) is 4.20. The highest BCUT2D eigenvalue weighted by atomic mass is 16.5. The maximum Gasteiger partial charge on any atom is 0.0754 e. The van der Waals surface area contributed by atoms with E-state index in [4.69, 9.17) is 10.5 Å². The van der Waals surface area contributed by atoms with Crippen molar-refractivity contribution in [1.29, 1.82) is 0 Å². The average Bonchev–Trinajstić information content (AvgIpc) is 2.53. The molecule has 1 heterocycles. The van der Waals surface area contributed by atoms with E-state index in [1.807, 2.05) is 0 Å². The summed E-state index contributed by atoms with van der Waals surface area (Å²) < 4.78 is 5.69. The van der Waals surface area contributed by atoms with E-state index in [9.17, 15) is 0 Å². The molecule has 2 heteroatoms. The van der Waals surface area contributed by atoms with Gasteiger partial charge in [0.1, 0.15) is 0 Å². The summed E-state index contributed by atoms with van der Waals surface area (Å²) in [6, 6.07) is 0.243. The molecule has 3 unspecified atom stereocenters. The van der Waals surface area contributed by atoms with E-state index in [0.29, 0.717) is 17.9 Å². The summed E-state index contributed by atoms with van der Waals surface area (Å²) in [6.45, 7) is 7.58. The quantitative estimate of drug-likeness (QED) is 0.728. The first-order valence-electron chi connectivity index (χ1n) is 5.57. The molecule has 2 N–H and O–H groups in total. The molecule has 1 aliphatic rings. The highest BCUT2D eigenvalue weighted by Crippen LogP contribution is 2.27. The fourth-order valence-electron chi connectivity index (χ4n) is 2.31. The molecule has 1 rings (SSSR count). The lowest BCUT2D eigenvalue weighted by atomic mass is 9.86. The zero-order valence-corrected chi connectivity index (χ0v) is 9.12. The van der Waals surface area contributed by atoms with Gasteiger partial charge in [-0.3, -0.25) is 0 Å². The van der Waals surface area contributed by atoms with Gasteiger partial charge in [-0.2, -0.15) is 0 Å². The van der Waals surface area contributed by atoms with Crippen LogP contribution in [0.5, 0.6) is 0 Å². The van der Waals surface area contributed by atoms with Gasteiger partial charge in [0.25, 0.3) is 0 Å².